The maximum Gasteiger partial charge on any atom is 0.230 e. The van der Waals surface area contributed by atoms with Crippen molar-refractivity contribution in [3.8, 4) is 11.1 Å². The summed E-state index contributed by atoms with van der Waals surface area (Å²) in [5, 5.41) is 7.09. The summed E-state index contributed by atoms with van der Waals surface area (Å²) in [7, 11) is 1.90. The Kier molecular flexibility index (Phi) is 6.07. The Morgan fingerprint density at radius 2 is 1.85 bits per heavy atom. The van der Waals surface area contributed by atoms with E-state index in [0.29, 0.717) is 12.3 Å². The zero-order chi connectivity index (χ0) is 18.4. The van der Waals surface area contributed by atoms with E-state index in [0.717, 1.165) is 22.4 Å². The summed E-state index contributed by atoms with van der Waals surface area (Å²) in [6.45, 7) is 0.592. The third kappa shape index (κ3) is 5.20. The van der Waals surface area contributed by atoms with Crippen molar-refractivity contribution in [2.75, 3.05) is 12.3 Å². The number of rotatable bonds is 7. The summed E-state index contributed by atoms with van der Waals surface area (Å²) >= 11 is 1.40. The van der Waals surface area contributed by atoms with Crippen LogP contribution in [0.25, 0.3) is 11.1 Å². The van der Waals surface area contributed by atoms with Crippen LogP contribution in [0.2, 0.25) is 0 Å². The summed E-state index contributed by atoms with van der Waals surface area (Å²) in [5.74, 6) is 0.0330. The summed E-state index contributed by atoms with van der Waals surface area (Å²) < 4.78 is 14.6. The minimum atomic E-state index is -0.270. The number of carbonyl (C=O) groups excluding carboxylic acids is 1. The van der Waals surface area contributed by atoms with Crippen LogP contribution in [0.15, 0.2) is 65.8 Å². The number of hydrogen-bond donors (Lipinski definition) is 1. The molecule has 2 aromatic carbocycles. The van der Waals surface area contributed by atoms with Crippen molar-refractivity contribution in [3.63, 3.8) is 0 Å². The molecular weight excluding hydrogens is 349 g/mol. The average molecular weight is 369 g/mol. The molecule has 6 heteroatoms. The van der Waals surface area contributed by atoms with Crippen molar-refractivity contribution in [3.05, 3.63) is 72.3 Å². The molecule has 0 saturated carbocycles. The summed E-state index contributed by atoms with van der Waals surface area (Å²) in [4.78, 5) is 12.8. The van der Waals surface area contributed by atoms with Gasteiger partial charge in [0.1, 0.15) is 5.82 Å². The van der Waals surface area contributed by atoms with Crippen LogP contribution in [0, 0.1) is 5.82 Å². The predicted octanol–water partition coefficient (Wildman–Crippen LogP) is 3.68. The Labute approximate surface area is 156 Å². The number of benzene rings is 2. The zero-order valence-electron chi connectivity index (χ0n) is 14.5. The zero-order valence-corrected chi connectivity index (χ0v) is 15.3. The fourth-order valence-electron chi connectivity index (χ4n) is 2.51. The number of nitrogens with one attached hydrogen (secondary N) is 1. The van der Waals surface area contributed by atoms with Gasteiger partial charge in [0, 0.05) is 30.2 Å². The summed E-state index contributed by atoms with van der Waals surface area (Å²) in [5.41, 5.74) is 3.39. The van der Waals surface area contributed by atoms with E-state index in [2.05, 4.69) is 34.7 Å². The van der Waals surface area contributed by atoms with Crippen molar-refractivity contribution in [1.29, 1.82) is 0 Å². The quantitative estimate of drug-likeness (QED) is 0.646. The Bertz CT molecular complexity index is 860. The molecule has 0 saturated heterocycles. The van der Waals surface area contributed by atoms with Crippen LogP contribution in [-0.4, -0.2) is 28.0 Å². The molecule has 0 radical (unpaired) electrons. The Hall–Kier alpha value is -2.60. The highest BCUT2D eigenvalue weighted by molar-refractivity contribution is 8.00. The number of amides is 1. The number of hydrogen-bond acceptors (Lipinski definition) is 3. The Balaban J connectivity index is 1.41. The van der Waals surface area contributed by atoms with Crippen molar-refractivity contribution in [2.24, 2.45) is 7.05 Å². The molecule has 3 aromatic rings. The number of carbonyl (C=O) groups is 1. The Morgan fingerprint density at radius 3 is 2.50 bits per heavy atom. The van der Waals surface area contributed by atoms with E-state index in [9.17, 15) is 9.18 Å². The van der Waals surface area contributed by atoms with Crippen LogP contribution in [0.5, 0.6) is 0 Å². The molecule has 1 aromatic heterocycles. The fourth-order valence-corrected chi connectivity index (χ4v) is 3.24. The maximum absolute atomic E-state index is 12.8. The first kappa shape index (κ1) is 18.2. The lowest BCUT2D eigenvalue weighted by molar-refractivity contribution is -0.118. The first-order valence-corrected chi connectivity index (χ1v) is 9.32. The largest absolute Gasteiger partial charge is 0.355 e. The summed E-state index contributed by atoms with van der Waals surface area (Å²) in [6, 6.07) is 14.4. The second-order valence-corrected chi connectivity index (χ2v) is 6.99. The van der Waals surface area contributed by atoms with Gasteiger partial charge in [0.2, 0.25) is 5.91 Å². The number of thioether (sulfide) groups is 1. The molecule has 1 heterocycles. The average Bonchev–Trinajstić information content (AvgIpc) is 3.08. The highest BCUT2D eigenvalue weighted by Gasteiger charge is 2.04. The van der Waals surface area contributed by atoms with Crippen molar-refractivity contribution in [1.82, 2.24) is 15.1 Å². The lowest BCUT2D eigenvalue weighted by Crippen LogP contribution is -2.27. The number of halogens is 1. The molecule has 0 atom stereocenters. The fraction of sp³-hybridized carbons (Fsp3) is 0.200. The first-order chi connectivity index (χ1) is 12.6. The van der Waals surface area contributed by atoms with Gasteiger partial charge in [0.05, 0.1) is 11.9 Å². The van der Waals surface area contributed by atoms with Crippen molar-refractivity contribution in [2.45, 2.75) is 11.3 Å². The van der Waals surface area contributed by atoms with Gasteiger partial charge in [0.25, 0.3) is 0 Å². The molecule has 134 valence electrons. The van der Waals surface area contributed by atoms with Crippen LogP contribution < -0.4 is 5.32 Å². The van der Waals surface area contributed by atoms with E-state index >= 15 is 0 Å². The molecule has 0 unspecified atom stereocenters. The van der Waals surface area contributed by atoms with Gasteiger partial charge >= 0.3 is 0 Å². The van der Waals surface area contributed by atoms with Gasteiger partial charge in [-0.05, 0) is 41.8 Å². The first-order valence-electron chi connectivity index (χ1n) is 8.33. The van der Waals surface area contributed by atoms with E-state index in [1.807, 2.05) is 19.4 Å². The standard InChI is InChI=1S/C20H20FN3OS/c1-24-13-17(12-23-24)16-4-2-15(3-5-16)10-11-22-20(25)14-26-19-8-6-18(21)7-9-19/h2-9,12-13H,10-11,14H2,1H3,(H,22,25). The molecule has 0 aliphatic carbocycles. The molecule has 4 nitrogen and oxygen atoms in total. The SMILES string of the molecule is Cn1cc(-c2ccc(CCNC(=O)CSc3ccc(F)cc3)cc2)cn1. The van der Waals surface area contributed by atoms with Crippen LogP contribution in [0.4, 0.5) is 4.39 Å². The molecular formula is C20H20FN3OS. The lowest BCUT2D eigenvalue weighted by atomic mass is 10.1. The number of aryl methyl sites for hydroxylation is 1. The topological polar surface area (TPSA) is 46.9 Å². The van der Waals surface area contributed by atoms with Gasteiger partial charge in [-0.2, -0.15) is 5.10 Å². The van der Waals surface area contributed by atoms with Gasteiger partial charge in [-0.3, -0.25) is 9.48 Å². The third-order valence-corrected chi connectivity index (χ3v) is 4.92. The van der Waals surface area contributed by atoms with E-state index in [-0.39, 0.29) is 11.7 Å². The van der Waals surface area contributed by atoms with Gasteiger partial charge in [0.15, 0.2) is 0 Å². The maximum atomic E-state index is 12.8. The highest BCUT2D eigenvalue weighted by atomic mass is 32.2. The van der Waals surface area contributed by atoms with Gasteiger partial charge in [-0.15, -0.1) is 11.8 Å². The number of nitrogens with zero attached hydrogens (tertiary/aromatic N) is 2. The smallest absolute Gasteiger partial charge is 0.230 e. The Morgan fingerprint density at radius 1 is 1.12 bits per heavy atom. The monoisotopic (exact) mass is 369 g/mol. The molecule has 0 bridgehead atoms. The van der Waals surface area contributed by atoms with Gasteiger partial charge in [-0.25, -0.2) is 4.39 Å². The molecule has 3 rings (SSSR count). The van der Waals surface area contributed by atoms with Crippen molar-refractivity contribution >= 4 is 17.7 Å². The molecule has 0 fully saturated rings. The van der Waals surface area contributed by atoms with Crippen molar-refractivity contribution < 1.29 is 9.18 Å². The van der Waals surface area contributed by atoms with E-state index in [1.54, 1.807) is 16.8 Å². The molecule has 0 aliphatic heterocycles. The molecule has 1 amide bonds. The second kappa shape index (κ2) is 8.67. The van der Waals surface area contributed by atoms with Gasteiger partial charge < -0.3 is 5.32 Å². The van der Waals surface area contributed by atoms with E-state index < -0.39 is 0 Å². The summed E-state index contributed by atoms with van der Waals surface area (Å²) in [6.07, 6.45) is 4.60. The van der Waals surface area contributed by atoms with Crippen LogP contribution in [0.1, 0.15) is 5.56 Å². The van der Waals surface area contributed by atoms with Crippen LogP contribution in [0.3, 0.4) is 0 Å². The number of aromatic nitrogens is 2. The molecule has 0 spiro atoms. The van der Waals surface area contributed by atoms with Gasteiger partial charge in [-0.1, -0.05) is 24.3 Å². The van der Waals surface area contributed by atoms with Crippen LogP contribution >= 0.6 is 11.8 Å². The highest BCUT2D eigenvalue weighted by Crippen LogP contribution is 2.19. The molecule has 26 heavy (non-hydrogen) atoms. The molecule has 0 aliphatic rings. The third-order valence-electron chi connectivity index (χ3n) is 3.91. The lowest BCUT2D eigenvalue weighted by Gasteiger charge is -2.06. The predicted molar refractivity (Wildman–Crippen MR) is 102 cm³/mol. The van der Waals surface area contributed by atoms with E-state index in [4.69, 9.17) is 0 Å². The second-order valence-electron chi connectivity index (χ2n) is 5.94. The minimum absolute atomic E-state index is 0.0219. The van der Waals surface area contributed by atoms with E-state index in [1.165, 1.54) is 29.5 Å². The normalized spacial score (nSPS) is 10.7. The van der Waals surface area contributed by atoms with Crippen LogP contribution in [-0.2, 0) is 18.3 Å². The minimum Gasteiger partial charge on any atom is -0.355 e. The molecule has 1 N–H and O–H groups in total.